The van der Waals surface area contributed by atoms with Gasteiger partial charge in [0.1, 0.15) is 11.4 Å². The van der Waals surface area contributed by atoms with E-state index in [9.17, 15) is 66.7 Å². The van der Waals surface area contributed by atoms with Gasteiger partial charge in [0.15, 0.2) is 0 Å². The van der Waals surface area contributed by atoms with Gasteiger partial charge in [-0.2, -0.15) is 0 Å². The molecule has 3 aliphatic heterocycles. The molecule has 220 valence electrons. The third kappa shape index (κ3) is 5.41. The summed E-state index contributed by atoms with van der Waals surface area (Å²) in [5, 5.41) is 0. The van der Waals surface area contributed by atoms with E-state index in [0.717, 1.165) is 39.3 Å². The van der Waals surface area contributed by atoms with Crippen molar-refractivity contribution in [3.8, 4) is 0 Å². The van der Waals surface area contributed by atoms with Crippen LogP contribution in [0.4, 0.5) is 57.1 Å². The van der Waals surface area contributed by atoms with Gasteiger partial charge in [0.05, 0.1) is 5.70 Å². The van der Waals surface area contributed by atoms with Crippen LogP contribution in [0.3, 0.4) is 0 Å². The number of rotatable bonds is 9. The maximum atomic E-state index is 12.9. The molecule has 0 saturated carbocycles. The second-order valence-electron chi connectivity index (χ2n) is 8.92. The largest absolute Gasteiger partial charge is 0.365 e. The van der Waals surface area contributed by atoms with E-state index in [4.69, 9.17) is 0 Å². The Kier molecular flexibility index (Phi) is 8.02. The minimum atomic E-state index is -7.80. The molecule has 0 atom stereocenters. The smallest absolute Gasteiger partial charge is 0.227 e. The van der Waals surface area contributed by atoms with Crippen molar-refractivity contribution >= 4 is 34.1 Å². The number of carbonyl (C=O) groups is 2. The molecule has 0 bridgehead atoms. The maximum Gasteiger partial charge on any atom is 0.227 e. The van der Waals surface area contributed by atoms with E-state index in [1.54, 1.807) is 0 Å². The van der Waals surface area contributed by atoms with Crippen LogP contribution < -0.4 is 0 Å². The van der Waals surface area contributed by atoms with Crippen LogP contribution in [-0.2, 0) is 9.59 Å². The topological polar surface area (TPSA) is 43.2 Å². The molecule has 3 fully saturated rings. The quantitative estimate of drug-likeness (QED) is 0.160. The van der Waals surface area contributed by atoms with Crippen LogP contribution in [0, 0.1) is 0 Å². The molecule has 3 heterocycles. The van der Waals surface area contributed by atoms with Crippen LogP contribution in [-0.4, -0.2) is 124 Å². The van der Waals surface area contributed by atoms with Gasteiger partial charge in [-0.1, -0.05) is 0 Å². The standard InChI is InChI=1S/C12H13N3O2.C8H4F13.Sn.H/c16-9-7-8(13-1-2-13)12(17)11(15-5-6-15)10(9)14-3-4-14;1-2-3(9,10)4(11,12)5(13,14)6(15,16)7(17,18)8(19,20)21;;/h7H,1-6H2;1-2H2;;. The monoisotopic (exact) mass is 699 g/mol. The van der Waals surface area contributed by atoms with Gasteiger partial charge in [0, 0.05) is 45.3 Å². The van der Waals surface area contributed by atoms with Gasteiger partial charge in [-0.25, -0.2) is 0 Å². The number of alkyl halides is 13. The third-order valence-electron chi connectivity index (χ3n) is 5.94. The molecule has 0 aromatic carbocycles. The Hall–Kier alpha value is -1.89. The minimum absolute atomic E-state index is 0.00546. The molecule has 19 heteroatoms. The Labute approximate surface area is 224 Å². The second kappa shape index (κ2) is 9.88. The molecule has 1 aliphatic carbocycles. The summed E-state index contributed by atoms with van der Waals surface area (Å²) >= 11 is -0.196. The zero-order chi connectivity index (χ0) is 30.0. The van der Waals surface area contributed by atoms with Gasteiger partial charge in [0.2, 0.25) is 11.6 Å². The van der Waals surface area contributed by atoms with Crippen LogP contribution in [0.25, 0.3) is 0 Å². The van der Waals surface area contributed by atoms with Gasteiger partial charge >= 0.3 is 126 Å². The van der Waals surface area contributed by atoms with E-state index < -0.39 is 46.6 Å². The molecule has 0 N–H and O–H groups in total. The van der Waals surface area contributed by atoms with Crippen LogP contribution in [0.15, 0.2) is 23.2 Å². The van der Waals surface area contributed by atoms with E-state index in [2.05, 4.69) is 0 Å². The molecule has 4 aliphatic rings. The Morgan fingerprint density at radius 1 is 0.615 bits per heavy atom. The van der Waals surface area contributed by atoms with E-state index in [0.29, 0.717) is 17.1 Å². The van der Waals surface area contributed by atoms with E-state index in [-0.39, 0.29) is 34.1 Å². The summed E-state index contributed by atoms with van der Waals surface area (Å²) in [7, 11) is 0. The Balaban J connectivity index is 0.000000220. The summed E-state index contributed by atoms with van der Waals surface area (Å²) in [4.78, 5) is 30.5. The first-order valence-corrected chi connectivity index (χ1v) is 13.4. The van der Waals surface area contributed by atoms with Crippen LogP contribution in [0.1, 0.15) is 6.42 Å². The first kappa shape index (κ1) is 31.6. The zero-order valence-corrected chi connectivity index (χ0v) is 22.7. The van der Waals surface area contributed by atoms with Gasteiger partial charge in [-0.3, -0.25) is 9.59 Å². The van der Waals surface area contributed by atoms with Crippen molar-refractivity contribution < 1.29 is 66.7 Å². The van der Waals surface area contributed by atoms with Gasteiger partial charge < -0.3 is 14.7 Å². The summed E-state index contributed by atoms with van der Waals surface area (Å²) in [5.74, 6) is -36.1. The molecular formula is C20H18F13N3O2Sn. The molecule has 0 aromatic rings. The van der Waals surface area contributed by atoms with Crippen molar-refractivity contribution in [2.24, 2.45) is 0 Å². The second-order valence-corrected chi connectivity index (χ2v) is 10.6. The van der Waals surface area contributed by atoms with E-state index in [1.807, 2.05) is 14.7 Å². The van der Waals surface area contributed by atoms with Crippen LogP contribution >= 0.6 is 0 Å². The third-order valence-corrected chi connectivity index (χ3v) is 6.77. The van der Waals surface area contributed by atoms with Crippen molar-refractivity contribution in [2.75, 3.05) is 39.3 Å². The average molecular weight is 698 g/mol. The van der Waals surface area contributed by atoms with Crippen LogP contribution in [0.2, 0.25) is 4.44 Å². The number of Topliss-reactive ketones (excluding diaryl/α,β-unsaturated/α-hetero) is 1. The molecule has 0 unspecified atom stereocenters. The Morgan fingerprint density at radius 2 is 1.03 bits per heavy atom. The van der Waals surface area contributed by atoms with Crippen molar-refractivity contribution in [1.29, 1.82) is 0 Å². The summed E-state index contributed by atoms with van der Waals surface area (Å²) < 4.78 is 162. The number of carbonyl (C=O) groups excluding carboxylic acids is 2. The molecule has 4 rings (SSSR count). The van der Waals surface area contributed by atoms with Crippen molar-refractivity contribution in [3.05, 3.63) is 23.2 Å². The summed E-state index contributed by atoms with van der Waals surface area (Å²) in [6.45, 7) is 5.41. The molecular weight excluding hydrogens is 680 g/mol. The molecule has 0 aromatic heterocycles. The number of nitrogens with zero attached hydrogens (tertiary/aromatic N) is 3. The Bertz CT molecular complexity index is 1080. The van der Waals surface area contributed by atoms with Gasteiger partial charge in [0.25, 0.3) is 0 Å². The first-order valence-electron chi connectivity index (χ1n) is 11.0. The van der Waals surface area contributed by atoms with Crippen LogP contribution in [0.5, 0.6) is 0 Å². The average Bonchev–Trinajstić information content (AvgIpc) is 3.64. The fraction of sp³-hybridized carbons (Fsp3) is 0.700. The fourth-order valence-electron chi connectivity index (χ4n) is 3.42. The number of allylic oxidation sites excluding steroid dienone is 1. The predicted octanol–water partition coefficient (Wildman–Crippen LogP) is 3.61. The zero-order valence-electron chi connectivity index (χ0n) is 19.4. The van der Waals surface area contributed by atoms with Crippen molar-refractivity contribution in [3.63, 3.8) is 0 Å². The van der Waals surface area contributed by atoms with E-state index in [1.165, 1.54) is 6.08 Å². The predicted molar refractivity (Wildman–Crippen MR) is 107 cm³/mol. The van der Waals surface area contributed by atoms with E-state index >= 15 is 0 Å². The van der Waals surface area contributed by atoms with Crippen molar-refractivity contribution in [2.45, 2.75) is 46.6 Å². The van der Waals surface area contributed by atoms with Gasteiger partial charge in [-0.15, -0.1) is 0 Å². The number of ketones is 2. The SMILES string of the molecule is FC(F)(F)C(F)(F)C(F)(F)C(F)(F)C(F)(F)C(F)(F)C[CH2][SnH].O=C1C=C(N2CC2)C(=O)C(N2CC2)=C1N1CC1. The molecule has 3 saturated heterocycles. The number of hydrogen-bond donors (Lipinski definition) is 0. The number of hydrogen-bond acceptors (Lipinski definition) is 5. The molecule has 0 amide bonds. The summed E-state index contributed by atoms with van der Waals surface area (Å²) in [6, 6.07) is 0. The Morgan fingerprint density at radius 3 is 1.41 bits per heavy atom. The fourth-order valence-corrected chi connectivity index (χ4v) is 4.45. The van der Waals surface area contributed by atoms with Gasteiger partial charge in [-0.05, 0) is 0 Å². The first-order chi connectivity index (χ1) is 17.6. The molecule has 5 nitrogen and oxygen atoms in total. The molecule has 39 heavy (non-hydrogen) atoms. The summed E-state index contributed by atoms with van der Waals surface area (Å²) in [6.07, 6.45) is -7.91. The number of halogens is 13. The normalized spacial score (nSPS) is 20.7. The minimum Gasteiger partial charge on any atom is -0.365 e. The van der Waals surface area contributed by atoms with Crippen molar-refractivity contribution in [1.82, 2.24) is 14.7 Å². The maximum absolute atomic E-state index is 12.9. The summed E-state index contributed by atoms with van der Waals surface area (Å²) in [5.41, 5.74) is 1.89. The molecule has 2 radical (unpaired) electrons. The molecule has 0 spiro atoms.